The first-order valence-electron chi connectivity index (χ1n) is 6.24. The highest BCUT2D eigenvalue weighted by Crippen LogP contribution is 2.36. The smallest absolute Gasteiger partial charge is 0.287 e. The van der Waals surface area contributed by atoms with Crippen LogP contribution < -0.4 is 10.9 Å². The van der Waals surface area contributed by atoms with E-state index in [4.69, 9.17) is 16.7 Å². The highest BCUT2D eigenvalue weighted by molar-refractivity contribution is 6.32. The zero-order chi connectivity index (χ0) is 13.1. The maximum atomic E-state index is 11.8. The van der Waals surface area contributed by atoms with E-state index in [-0.39, 0.29) is 23.7 Å². The van der Waals surface area contributed by atoms with Gasteiger partial charge in [-0.1, -0.05) is 18.5 Å². The molecule has 1 saturated carbocycles. The highest BCUT2D eigenvalue weighted by Gasteiger charge is 2.27. The molecule has 1 unspecified atom stereocenters. The molecular weight excluding hydrogens is 254 g/mol. The maximum absolute atomic E-state index is 11.8. The SMILES string of the molecule is CC(CNc1cnn(CCO)c(=O)c1Cl)C1CC1. The zero-order valence-corrected chi connectivity index (χ0v) is 11.2. The normalized spacial score (nSPS) is 16.6. The Balaban J connectivity index is 2.04. The lowest BCUT2D eigenvalue weighted by atomic mass is 10.1. The summed E-state index contributed by atoms with van der Waals surface area (Å²) in [5.74, 6) is 1.39. The lowest BCUT2D eigenvalue weighted by Gasteiger charge is -2.13. The quantitative estimate of drug-likeness (QED) is 0.820. The van der Waals surface area contributed by atoms with Gasteiger partial charge in [0.05, 0.1) is 25.0 Å². The van der Waals surface area contributed by atoms with E-state index in [0.29, 0.717) is 11.6 Å². The number of hydrogen-bond donors (Lipinski definition) is 2. The van der Waals surface area contributed by atoms with Crippen molar-refractivity contribution >= 4 is 17.3 Å². The first-order chi connectivity index (χ1) is 8.63. The van der Waals surface area contributed by atoms with Crippen molar-refractivity contribution in [1.82, 2.24) is 9.78 Å². The van der Waals surface area contributed by atoms with E-state index >= 15 is 0 Å². The van der Waals surface area contributed by atoms with Crippen molar-refractivity contribution < 1.29 is 5.11 Å². The van der Waals surface area contributed by atoms with E-state index in [1.54, 1.807) is 6.20 Å². The molecule has 0 radical (unpaired) electrons. The fourth-order valence-electron chi connectivity index (χ4n) is 1.95. The molecule has 1 atom stereocenters. The molecule has 2 rings (SSSR count). The Bertz CT molecular complexity index is 471. The summed E-state index contributed by atoms with van der Waals surface area (Å²) in [4.78, 5) is 11.8. The minimum atomic E-state index is -0.366. The number of aliphatic hydroxyl groups excluding tert-OH is 1. The molecule has 1 aromatic rings. The van der Waals surface area contributed by atoms with E-state index in [1.807, 2.05) is 0 Å². The predicted octanol–water partition coefficient (Wildman–Crippen LogP) is 1.35. The van der Waals surface area contributed by atoms with Crippen molar-refractivity contribution in [3.05, 3.63) is 21.6 Å². The average molecular weight is 272 g/mol. The number of nitrogens with zero attached hydrogens (tertiary/aromatic N) is 2. The van der Waals surface area contributed by atoms with Gasteiger partial charge in [0, 0.05) is 6.54 Å². The van der Waals surface area contributed by atoms with Crippen molar-refractivity contribution in [3.63, 3.8) is 0 Å². The minimum absolute atomic E-state index is 0.130. The summed E-state index contributed by atoms with van der Waals surface area (Å²) in [5, 5.41) is 16.1. The molecule has 2 N–H and O–H groups in total. The zero-order valence-electron chi connectivity index (χ0n) is 10.4. The monoisotopic (exact) mass is 271 g/mol. The van der Waals surface area contributed by atoms with Gasteiger partial charge in [-0.3, -0.25) is 4.79 Å². The highest BCUT2D eigenvalue weighted by atomic mass is 35.5. The maximum Gasteiger partial charge on any atom is 0.287 e. The summed E-state index contributed by atoms with van der Waals surface area (Å²) in [6.07, 6.45) is 4.14. The summed E-state index contributed by atoms with van der Waals surface area (Å²) in [5.41, 5.74) is 0.207. The second-order valence-electron chi connectivity index (χ2n) is 4.82. The predicted molar refractivity (Wildman–Crippen MR) is 71.0 cm³/mol. The van der Waals surface area contributed by atoms with E-state index < -0.39 is 0 Å². The van der Waals surface area contributed by atoms with Crippen LogP contribution in [0.25, 0.3) is 0 Å². The fourth-order valence-corrected chi connectivity index (χ4v) is 2.16. The van der Waals surface area contributed by atoms with Crippen LogP contribution in [0.15, 0.2) is 11.0 Å². The van der Waals surface area contributed by atoms with Gasteiger partial charge in [-0.05, 0) is 24.7 Å². The van der Waals surface area contributed by atoms with Crippen LogP contribution in [0.3, 0.4) is 0 Å². The van der Waals surface area contributed by atoms with Gasteiger partial charge in [-0.25, -0.2) is 4.68 Å². The van der Waals surface area contributed by atoms with Gasteiger partial charge in [0.2, 0.25) is 0 Å². The molecule has 1 aliphatic rings. The Labute approximate surface area is 111 Å². The van der Waals surface area contributed by atoms with Crippen LogP contribution in [0.1, 0.15) is 19.8 Å². The topological polar surface area (TPSA) is 67.2 Å². The number of hydrogen-bond acceptors (Lipinski definition) is 4. The Morgan fingerprint density at radius 3 is 3.00 bits per heavy atom. The van der Waals surface area contributed by atoms with E-state index in [9.17, 15) is 4.79 Å². The number of anilines is 1. The Kier molecular flexibility index (Phi) is 4.24. The molecule has 5 nitrogen and oxygen atoms in total. The summed E-state index contributed by atoms with van der Waals surface area (Å²) >= 11 is 6.00. The third-order valence-corrected chi connectivity index (χ3v) is 3.70. The standard InChI is InChI=1S/C12H18ClN3O2/c1-8(9-2-3-9)6-14-10-7-15-16(4-5-17)12(18)11(10)13/h7-9,14,17H,2-6H2,1H3. The molecular formula is C12H18ClN3O2. The van der Waals surface area contributed by atoms with Crippen molar-refractivity contribution in [2.75, 3.05) is 18.5 Å². The Morgan fingerprint density at radius 2 is 2.39 bits per heavy atom. The van der Waals surface area contributed by atoms with Crippen LogP contribution in [-0.2, 0) is 6.54 Å². The molecule has 0 bridgehead atoms. The molecule has 0 amide bonds. The van der Waals surface area contributed by atoms with Crippen molar-refractivity contribution in [2.24, 2.45) is 11.8 Å². The van der Waals surface area contributed by atoms with Gasteiger partial charge in [-0.15, -0.1) is 0 Å². The molecule has 0 spiro atoms. The first kappa shape index (κ1) is 13.4. The van der Waals surface area contributed by atoms with Gasteiger partial charge >= 0.3 is 0 Å². The summed E-state index contributed by atoms with van der Waals surface area (Å²) in [6.45, 7) is 3.03. The van der Waals surface area contributed by atoms with E-state index in [1.165, 1.54) is 12.8 Å². The molecule has 1 aliphatic carbocycles. The minimum Gasteiger partial charge on any atom is -0.394 e. The summed E-state index contributed by atoms with van der Waals surface area (Å²) < 4.78 is 1.16. The van der Waals surface area contributed by atoms with Crippen molar-refractivity contribution in [2.45, 2.75) is 26.3 Å². The molecule has 6 heteroatoms. The third kappa shape index (κ3) is 3.03. The average Bonchev–Trinajstić information content (AvgIpc) is 3.18. The second-order valence-corrected chi connectivity index (χ2v) is 5.20. The van der Waals surface area contributed by atoms with E-state index in [2.05, 4.69) is 17.3 Å². The van der Waals surface area contributed by atoms with Crippen molar-refractivity contribution in [1.29, 1.82) is 0 Å². The molecule has 0 aromatic carbocycles. The molecule has 18 heavy (non-hydrogen) atoms. The van der Waals surface area contributed by atoms with Crippen LogP contribution >= 0.6 is 11.6 Å². The van der Waals surface area contributed by atoms with Crippen LogP contribution in [-0.4, -0.2) is 28.0 Å². The Hall–Kier alpha value is -1.07. The van der Waals surface area contributed by atoms with Crippen LogP contribution in [0, 0.1) is 11.8 Å². The van der Waals surface area contributed by atoms with Gasteiger partial charge in [-0.2, -0.15) is 5.10 Å². The van der Waals surface area contributed by atoms with Crippen LogP contribution in [0.4, 0.5) is 5.69 Å². The molecule has 1 aromatic heterocycles. The van der Waals surface area contributed by atoms with Gasteiger partial charge in [0.25, 0.3) is 5.56 Å². The Morgan fingerprint density at radius 1 is 1.67 bits per heavy atom. The van der Waals surface area contributed by atoms with Gasteiger partial charge in [0.15, 0.2) is 0 Å². The lowest BCUT2D eigenvalue weighted by Crippen LogP contribution is -2.26. The number of aromatic nitrogens is 2. The van der Waals surface area contributed by atoms with Crippen LogP contribution in [0.5, 0.6) is 0 Å². The van der Waals surface area contributed by atoms with Gasteiger partial charge < -0.3 is 10.4 Å². The number of halogens is 1. The second kappa shape index (κ2) is 5.71. The third-order valence-electron chi connectivity index (χ3n) is 3.34. The molecule has 1 fully saturated rings. The number of aliphatic hydroxyl groups is 1. The lowest BCUT2D eigenvalue weighted by molar-refractivity contribution is 0.266. The molecule has 100 valence electrons. The first-order valence-corrected chi connectivity index (χ1v) is 6.61. The largest absolute Gasteiger partial charge is 0.394 e. The molecule has 0 aliphatic heterocycles. The number of nitrogens with one attached hydrogen (secondary N) is 1. The van der Waals surface area contributed by atoms with E-state index in [0.717, 1.165) is 17.1 Å². The van der Waals surface area contributed by atoms with Crippen molar-refractivity contribution in [3.8, 4) is 0 Å². The summed E-state index contributed by atoms with van der Waals surface area (Å²) in [7, 11) is 0. The molecule has 0 saturated heterocycles. The van der Waals surface area contributed by atoms with Crippen LogP contribution in [0.2, 0.25) is 5.02 Å². The fraction of sp³-hybridized carbons (Fsp3) is 0.667. The molecule has 1 heterocycles. The summed E-state index contributed by atoms with van der Waals surface area (Å²) in [6, 6.07) is 0. The van der Waals surface area contributed by atoms with Gasteiger partial charge in [0.1, 0.15) is 5.02 Å². The number of rotatable bonds is 6.